The van der Waals surface area contributed by atoms with Crippen LogP contribution in [-0.4, -0.2) is 19.9 Å². The zero-order chi connectivity index (χ0) is 37.3. The zero-order valence-electron chi connectivity index (χ0n) is 31.0. The molecule has 11 rings (SSSR count). The molecule has 0 unspecified atom stereocenters. The van der Waals surface area contributed by atoms with Crippen molar-refractivity contribution in [3.8, 4) is 45.0 Å². The average Bonchev–Trinajstić information content (AvgIpc) is 3.26. The van der Waals surface area contributed by atoms with E-state index >= 15 is 0 Å². The Kier molecular flexibility index (Phi) is 7.26. The van der Waals surface area contributed by atoms with Crippen molar-refractivity contribution in [2.75, 3.05) is 0 Å². The molecule has 0 atom stereocenters. The summed E-state index contributed by atoms with van der Waals surface area (Å²) in [5.41, 5.74) is 14.1. The number of pyridine rings is 4. The van der Waals surface area contributed by atoms with Crippen LogP contribution in [0.3, 0.4) is 0 Å². The second-order valence-corrected chi connectivity index (χ2v) is 14.7. The fourth-order valence-electron chi connectivity index (χ4n) is 8.36. The third kappa shape index (κ3) is 5.22. The first-order chi connectivity index (χ1) is 27.6. The Hall–Kier alpha value is -7.30. The minimum Gasteiger partial charge on any atom is -0.245 e. The van der Waals surface area contributed by atoms with Gasteiger partial charge in [0.25, 0.3) is 0 Å². The first-order valence-corrected chi connectivity index (χ1v) is 19.1. The van der Waals surface area contributed by atoms with Crippen LogP contribution in [0.5, 0.6) is 0 Å². The van der Waals surface area contributed by atoms with E-state index in [0.717, 1.165) is 88.6 Å². The van der Waals surface area contributed by atoms with Gasteiger partial charge in [-0.05, 0) is 76.9 Å². The lowest BCUT2D eigenvalue weighted by Crippen LogP contribution is -1.93. The minimum atomic E-state index is 0.891. The summed E-state index contributed by atoms with van der Waals surface area (Å²) in [6, 6.07) is 60.0. The fourth-order valence-corrected chi connectivity index (χ4v) is 8.36. The molecule has 0 saturated heterocycles. The van der Waals surface area contributed by atoms with Crippen molar-refractivity contribution in [3.63, 3.8) is 0 Å². The van der Waals surface area contributed by atoms with E-state index in [2.05, 4.69) is 184 Å². The number of rotatable bonds is 4. The molecule has 0 bridgehead atoms. The van der Waals surface area contributed by atoms with Gasteiger partial charge in [0.15, 0.2) is 0 Å². The van der Waals surface area contributed by atoms with E-state index in [0.29, 0.717) is 0 Å². The van der Waals surface area contributed by atoms with Gasteiger partial charge >= 0.3 is 0 Å². The van der Waals surface area contributed by atoms with E-state index in [1.807, 2.05) is 0 Å². The van der Waals surface area contributed by atoms with Gasteiger partial charge in [-0.3, -0.25) is 0 Å². The van der Waals surface area contributed by atoms with Crippen LogP contribution in [0.2, 0.25) is 0 Å². The summed E-state index contributed by atoms with van der Waals surface area (Å²) in [4.78, 5) is 21.1. The van der Waals surface area contributed by atoms with Crippen LogP contribution >= 0.6 is 0 Å². The van der Waals surface area contributed by atoms with E-state index in [1.165, 1.54) is 32.7 Å². The fraction of sp³-hybridized carbons (Fsp3) is 0.0385. The van der Waals surface area contributed by atoms with Gasteiger partial charge in [-0.2, -0.15) is 0 Å². The Bertz CT molecular complexity index is 3220. The monoisotopic (exact) mass is 714 g/mol. The maximum atomic E-state index is 5.28. The van der Waals surface area contributed by atoms with Gasteiger partial charge < -0.3 is 0 Å². The molecule has 0 saturated carbocycles. The van der Waals surface area contributed by atoms with Crippen LogP contribution in [0.25, 0.3) is 110 Å². The van der Waals surface area contributed by atoms with Crippen molar-refractivity contribution in [3.05, 3.63) is 181 Å². The Labute approximate surface area is 323 Å². The molecule has 262 valence electrons. The van der Waals surface area contributed by atoms with E-state index < -0.39 is 0 Å². The Morgan fingerprint density at radius 3 is 1.21 bits per heavy atom. The molecular formula is C52H34N4. The Morgan fingerprint density at radius 1 is 0.286 bits per heavy atom. The number of benzene rings is 7. The largest absolute Gasteiger partial charge is 0.245 e. The molecule has 0 aliphatic heterocycles. The van der Waals surface area contributed by atoms with Crippen LogP contribution in [0.1, 0.15) is 11.1 Å². The second-order valence-electron chi connectivity index (χ2n) is 14.7. The third-order valence-corrected chi connectivity index (χ3v) is 11.3. The van der Waals surface area contributed by atoms with Crippen molar-refractivity contribution < 1.29 is 0 Å². The number of nitrogens with zero attached hydrogens (tertiary/aromatic N) is 4. The lowest BCUT2D eigenvalue weighted by molar-refractivity contribution is 1.36. The zero-order valence-corrected chi connectivity index (χ0v) is 31.0. The van der Waals surface area contributed by atoms with Crippen LogP contribution < -0.4 is 0 Å². The number of hydrogen-bond acceptors (Lipinski definition) is 4. The van der Waals surface area contributed by atoms with Crippen molar-refractivity contribution in [1.82, 2.24) is 19.9 Å². The molecule has 4 nitrogen and oxygen atoms in total. The predicted octanol–water partition coefficient (Wildman–Crippen LogP) is 13.5. The van der Waals surface area contributed by atoms with E-state index in [9.17, 15) is 0 Å². The number of aryl methyl sites for hydroxylation is 2. The molecule has 11 aromatic rings. The van der Waals surface area contributed by atoms with Crippen LogP contribution in [0, 0.1) is 13.8 Å². The number of fused-ring (bicyclic) bond motifs is 8. The van der Waals surface area contributed by atoms with Crippen LogP contribution in [-0.2, 0) is 0 Å². The highest BCUT2D eigenvalue weighted by Gasteiger charge is 2.14. The van der Waals surface area contributed by atoms with Crippen LogP contribution in [0.15, 0.2) is 170 Å². The van der Waals surface area contributed by atoms with Crippen molar-refractivity contribution in [2.45, 2.75) is 13.8 Å². The summed E-state index contributed by atoms with van der Waals surface area (Å²) in [7, 11) is 0. The quantitative estimate of drug-likeness (QED) is 0.170. The molecule has 0 fully saturated rings. The highest BCUT2D eigenvalue weighted by atomic mass is 14.8. The van der Waals surface area contributed by atoms with Crippen molar-refractivity contribution in [2.24, 2.45) is 0 Å². The van der Waals surface area contributed by atoms with Gasteiger partial charge in [0, 0.05) is 43.8 Å². The number of hydrogen-bond donors (Lipinski definition) is 0. The summed E-state index contributed by atoms with van der Waals surface area (Å²) >= 11 is 0. The molecule has 0 aliphatic carbocycles. The lowest BCUT2D eigenvalue weighted by atomic mass is 9.97. The third-order valence-electron chi connectivity index (χ3n) is 11.3. The molecule has 7 aromatic carbocycles. The van der Waals surface area contributed by atoms with Gasteiger partial charge in [0.1, 0.15) is 0 Å². The van der Waals surface area contributed by atoms with Crippen molar-refractivity contribution in [1.29, 1.82) is 0 Å². The smallest absolute Gasteiger partial charge is 0.0972 e. The summed E-state index contributed by atoms with van der Waals surface area (Å²) < 4.78 is 0. The molecule has 4 heterocycles. The van der Waals surface area contributed by atoms with Gasteiger partial charge in [0.2, 0.25) is 0 Å². The predicted molar refractivity (Wildman–Crippen MR) is 234 cm³/mol. The molecular weight excluding hydrogens is 681 g/mol. The van der Waals surface area contributed by atoms with Gasteiger partial charge in [0.05, 0.1) is 44.8 Å². The van der Waals surface area contributed by atoms with E-state index in [4.69, 9.17) is 19.9 Å². The molecule has 4 aromatic heterocycles. The topological polar surface area (TPSA) is 51.6 Å². The molecule has 4 heteroatoms. The van der Waals surface area contributed by atoms with Gasteiger partial charge in [-0.25, -0.2) is 19.9 Å². The SMILES string of the molecule is Cc1cccc2c(-c3ccc4ccc5ccc(-c6cccc(-c7ccc8ccc9ccc(-c%10ccc(C)c%11ccccc%10%11)nc9c8n7)c6)nc5c4n3)cccc12. The minimum absolute atomic E-state index is 0.891. The number of aromatic nitrogens is 4. The highest BCUT2D eigenvalue weighted by Crippen LogP contribution is 2.35. The van der Waals surface area contributed by atoms with Crippen LogP contribution in [0.4, 0.5) is 0 Å². The van der Waals surface area contributed by atoms with Gasteiger partial charge in [-0.15, -0.1) is 0 Å². The van der Waals surface area contributed by atoms with Crippen molar-refractivity contribution >= 4 is 65.2 Å². The standard InChI is InChI=1S/C52H34N4/c1-31-8-5-14-42-40(31)13-7-15-43(42)47-28-23-35-19-17-33-21-26-45(53-49(33)51(35)55-47)37-9-6-10-38(30-37)46-27-22-34-18-20-36-24-29-48(56-52(36)50(34)54-46)44-25-16-32(2)39-11-3-4-12-41(39)44/h3-30H,1-2H3. The summed E-state index contributed by atoms with van der Waals surface area (Å²) in [5.74, 6) is 0. The second kappa shape index (κ2) is 12.6. The molecule has 56 heavy (non-hydrogen) atoms. The normalized spacial score (nSPS) is 11.8. The molecule has 0 amide bonds. The molecule has 0 radical (unpaired) electrons. The maximum Gasteiger partial charge on any atom is 0.0972 e. The van der Waals surface area contributed by atoms with E-state index in [1.54, 1.807) is 0 Å². The molecule has 0 aliphatic rings. The summed E-state index contributed by atoms with van der Waals surface area (Å²) in [6.45, 7) is 4.32. The Morgan fingerprint density at radius 2 is 0.661 bits per heavy atom. The lowest BCUT2D eigenvalue weighted by Gasteiger charge is -2.12. The van der Waals surface area contributed by atoms with E-state index in [-0.39, 0.29) is 0 Å². The first-order valence-electron chi connectivity index (χ1n) is 19.1. The Balaban J connectivity index is 1.01. The summed E-state index contributed by atoms with van der Waals surface area (Å²) in [6.07, 6.45) is 0. The highest BCUT2D eigenvalue weighted by molar-refractivity contribution is 6.07. The molecule has 0 N–H and O–H groups in total. The summed E-state index contributed by atoms with van der Waals surface area (Å²) in [5, 5.41) is 9.15. The average molecular weight is 715 g/mol. The first kappa shape index (κ1) is 32.2. The van der Waals surface area contributed by atoms with Gasteiger partial charge in [-0.1, -0.05) is 140 Å². The maximum absolute atomic E-state index is 5.28. The molecule has 0 spiro atoms.